The second kappa shape index (κ2) is 12.2. The minimum Gasteiger partial charge on any atom is -0.508 e. The summed E-state index contributed by atoms with van der Waals surface area (Å²) in [6.45, 7) is 0.0224. The first-order valence-electron chi connectivity index (χ1n) is 10.6. The van der Waals surface area contributed by atoms with E-state index >= 15 is 0 Å². The maximum atomic E-state index is 12.6. The van der Waals surface area contributed by atoms with E-state index in [0.29, 0.717) is 26.2 Å². The van der Waals surface area contributed by atoms with Crippen LogP contribution in [0.2, 0.25) is 0 Å². The number of nitrogens with one attached hydrogen (secondary N) is 4. The monoisotopic (exact) mass is 675 g/mol. The number of halogens is 2. The van der Waals surface area contributed by atoms with Crippen molar-refractivity contribution in [1.29, 1.82) is 0 Å². The summed E-state index contributed by atoms with van der Waals surface area (Å²) in [5.74, 6) is -2.51. The van der Waals surface area contributed by atoms with Crippen molar-refractivity contribution >= 4 is 68.0 Å². The molecule has 0 saturated heterocycles. The van der Waals surface area contributed by atoms with Crippen molar-refractivity contribution in [3.8, 4) is 11.5 Å². The number of carbonyl (C=O) groups excluding carboxylic acids is 2. The molecule has 2 aromatic carbocycles. The van der Waals surface area contributed by atoms with Crippen LogP contribution in [0.5, 0.6) is 11.5 Å². The van der Waals surface area contributed by atoms with Crippen LogP contribution >= 0.6 is 38.5 Å². The number of phenols is 2. The van der Waals surface area contributed by atoms with E-state index in [9.17, 15) is 34.8 Å². The number of aliphatic imine (C=N–C) groups is 1. The zero-order valence-electron chi connectivity index (χ0n) is 18.6. The van der Waals surface area contributed by atoms with Crippen molar-refractivity contribution in [2.45, 2.75) is 18.6 Å². The molecule has 36 heavy (non-hydrogen) atoms. The predicted molar refractivity (Wildman–Crippen MR) is 142 cm³/mol. The Labute approximate surface area is 227 Å². The fourth-order valence-electron chi connectivity index (χ4n) is 3.34. The third-order valence-electron chi connectivity index (χ3n) is 4.96. The highest BCUT2D eigenvalue weighted by molar-refractivity contribution is 14.1. The lowest BCUT2D eigenvalue weighted by Gasteiger charge is -2.20. The number of carbonyl (C=O) groups is 3. The van der Waals surface area contributed by atoms with Gasteiger partial charge in [0.15, 0.2) is 5.96 Å². The van der Waals surface area contributed by atoms with E-state index in [1.54, 1.807) is 6.07 Å². The molecular weight excluding hydrogens is 653 g/mol. The maximum absolute atomic E-state index is 12.6. The van der Waals surface area contributed by atoms with Crippen LogP contribution in [0, 0.1) is 3.57 Å². The van der Waals surface area contributed by atoms with Gasteiger partial charge in [-0.3, -0.25) is 19.4 Å². The number of phenolic OH excluding ortho intramolecular Hbond substituents is 2. The summed E-state index contributed by atoms with van der Waals surface area (Å²) in [6, 6.07) is 6.14. The van der Waals surface area contributed by atoms with Crippen molar-refractivity contribution in [1.82, 2.24) is 16.0 Å². The molecule has 0 saturated carbocycles. The fourth-order valence-corrected chi connectivity index (χ4v) is 4.89. The molecule has 14 heteroatoms. The second-order valence-corrected chi connectivity index (χ2v) is 9.92. The minimum atomic E-state index is -1.19. The number of nitrogens with zero attached hydrogens (tertiary/aromatic N) is 1. The topological polar surface area (TPSA) is 193 Å². The molecular formula is C22H23BrIN5O7. The number of β-amino-alcohol motifs (C(OH)–C–C–N with tert-alkyl or cyclic N) is 1. The number of guanidine groups is 1. The van der Waals surface area contributed by atoms with Crippen molar-refractivity contribution < 1.29 is 34.8 Å². The Balaban J connectivity index is 1.66. The number of aliphatic carboxylic acids is 1. The minimum absolute atomic E-state index is 0.0584. The summed E-state index contributed by atoms with van der Waals surface area (Å²) >= 11 is 5.17. The van der Waals surface area contributed by atoms with Crippen LogP contribution in [0.25, 0.3) is 0 Å². The van der Waals surface area contributed by atoms with Crippen LogP contribution in [0.4, 0.5) is 5.69 Å². The molecule has 0 fully saturated rings. The van der Waals surface area contributed by atoms with Crippen molar-refractivity contribution in [3.05, 3.63) is 49.5 Å². The van der Waals surface area contributed by atoms with Crippen molar-refractivity contribution in [2.75, 3.05) is 25.0 Å². The van der Waals surface area contributed by atoms with E-state index in [1.807, 2.05) is 22.6 Å². The molecule has 0 aliphatic carbocycles. The number of amides is 2. The highest BCUT2D eigenvalue weighted by Crippen LogP contribution is 2.34. The number of aliphatic hydroxyl groups is 1. The molecule has 0 spiro atoms. The first-order valence-corrected chi connectivity index (χ1v) is 12.4. The summed E-state index contributed by atoms with van der Waals surface area (Å²) in [6.07, 6.45) is -1.09. The number of hydrogen-bond acceptors (Lipinski definition) is 9. The number of carboxylic acids is 1. The first-order chi connectivity index (χ1) is 17.0. The van der Waals surface area contributed by atoms with Gasteiger partial charge in [0.05, 0.1) is 35.2 Å². The summed E-state index contributed by atoms with van der Waals surface area (Å²) in [5.41, 5.74) is 0.628. The van der Waals surface area contributed by atoms with Crippen LogP contribution < -0.4 is 21.3 Å². The molecule has 1 aliphatic heterocycles. The quantitative estimate of drug-likeness (QED) is 0.190. The van der Waals surface area contributed by atoms with Crippen LogP contribution in [-0.4, -0.2) is 69.9 Å². The van der Waals surface area contributed by atoms with Gasteiger partial charge < -0.3 is 41.7 Å². The third kappa shape index (κ3) is 7.69. The molecule has 192 valence electrons. The number of aliphatic hydroxyl groups excluding tert-OH is 1. The largest absolute Gasteiger partial charge is 0.508 e. The van der Waals surface area contributed by atoms with E-state index in [-0.39, 0.29) is 29.2 Å². The van der Waals surface area contributed by atoms with Gasteiger partial charge in [0.1, 0.15) is 11.5 Å². The zero-order valence-corrected chi connectivity index (χ0v) is 22.3. The van der Waals surface area contributed by atoms with E-state index in [0.717, 1.165) is 0 Å². The Morgan fingerprint density at radius 1 is 1.19 bits per heavy atom. The Morgan fingerprint density at radius 2 is 1.94 bits per heavy atom. The lowest BCUT2D eigenvalue weighted by atomic mass is 10.0. The molecule has 2 aromatic rings. The Bertz CT molecular complexity index is 1210. The van der Waals surface area contributed by atoms with Crippen molar-refractivity contribution in [2.24, 2.45) is 4.99 Å². The molecule has 8 N–H and O–H groups in total. The van der Waals surface area contributed by atoms with Crippen LogP contribution in [0.3, 0.4) is 0 Å². The van der Waals surface area contributed by atoms with Crippen LogP contribution in [-0.2, 0) is 9.59 Å². The van der Waals surface area contributed by atoms with E-state index in [2.05, 4.69) is 42.2 Å². The van der Waals surface area contributed by atoms with Gasteiger partial charge in [0, 0.05) is 33.9 Å². The molecule has 3 rings (SSSR count). The summed E-state index contributed by atoms with van der Waals surface area (Å²) < 4.78 is 1.06. The van der Waals surface area contributed by atoms with Gasteiger partial charge in [-0.05, 0) is 46.9 Å². The van der Waals surface area contributed by atoms with Crippen LogP contribution in [0.1, 0.15) is 28.4 Å². The van der Waals surface area contributed by atoms with E-state index < -0.39 is 42.9 Å². The van der Waals surface area contributed by atoms with Gasteiger partial charge in [-0.2, -0.15) is 0 Å². The highest BCUT2D eigenvalue weighted by atomic mass is 127. The first kappa shape index (κ1) is 27.5. The summed E-state index contributed by atoms with van der Waals surface area (Å²) in [5, 5.41) is 49.9. The lowest BCUT2D eigenvalue weighted by molar-refractivity contribution is -0.137. The number of rotatable bonds is 8. The Hall–Kier alpha value is -3.11. The molecule has 2 atom stereocenters. The SMILES string of the molecule is O=C(O)C[C@H](NC(=O)CNC(=O)c1cc(O)cc(NC2=NCC(O)CN2)c1)c1cc(Br)cc(I)c1O. The molecule has 1 aliphatic rings. The van der Waals surface area contributed by atoms with Gasteiger partial charge in [-0.1, -0.05) is 15.9 Å². The summed E-state index contributed by atoms with van der Waals surface area (Å²) in [7, 11) is 0. The fraction of sp³-hybridized carbons (Fsp3) is 0.273. The number of hydrogen-bond donors (Lipinski definition) is 8. The Kier molecular flexibility index (Phi) is 9.33. The van der Waals surface area contributed by atoms with Gasteiger partial charge >= 0.3 is 5.97 Å². The van der Waals surface area contributed by atoms with Gasteiger partial charge in [-0.25, -0.2) is 0 Å². The Morgan fingerprint density at radius 3 is 2.61 bits per heavy atom. The molecule has 1 heterocycles. The standard InChI is InChI=1S/C22H23BrIN5O7/c23-11-3-15(20(35)16(24)4-11)17(6-19(33)34)29-18(32)9-25-21(36)10-1-12(5-13(30)2-10)28-22-26-7-14(31)8-27-22/h1-5,14,17,30-31,35H,6-9H2,(H,25,36)(H,29,32)(H,33,34)(H2,26,27,28)/t17-/m0/s1. The average molecular weight is 676 g/mol. The normalized spacial score (nSPS) is 15.8. The highest BCUT2D eigenvalue weighted by Gasteiger charge is 2.23. The van der Waals surface area contributed by atoms with Gasteiger partial charge in [0.2, 0.25) is 5.91 Å². The number of anilines is 1. The smallest absolute Gasteiger partial charge is 0.305 e. The molecule has 12 nitrogen and oxygen atoms in total. The zero-order chi connectivity index (χ0) is 26.4. The van der Waals surface area contributed by atoms with Crippen molar-refractivity contribution in [3.63, 3.8) is 0 Å². The summed E-state index contributed by atoms with van der Waals surface area (Å²) in [4.78, 5) is 40.6. The third-order valence-corrected chi connectivity index (χ3v) is 6.24. The van der Waals surface area contributed by atoms with E-state index in [4.69, 9.17) is 0 Å². The molecule has 0 bridgehead atoms. The van der Waals surface area contributed by atoms with Gasteiger partial charge in [-0.15, -0.1) is 0 Å². The predicted octanol–water partition coefficient (Wildman–Crippen LogP) is 1.26. The lowest BCUT2D eigenvalue weighted by Crippen LogP contribution is -2.42. The van der Waals surface area contributed by atoms with Crippen LogP contribution in [0.15, 0.2) is 39.8 Å². The molecule has 0 aromatic heterocycles. The molecule has 0 radical (unpaired) electrons. The van der Waals surface area contributed by atoms with E-state index in [1.165, 1.54) is 24.3 Å². The number of aromatic hydroxyl groups is 2. The number of benzene rings is 2. The average Bonchev–Trinajstić information content (AvgIpc) is 2.80. The molecule has 2 amide bonds. The second-order valence-electron chi connectivity index (χ2n) is 7.84. The maximum Gasteiger partial charge on any atom is 0.305 e. The molecule has 1 unspecified atom stereocenters. The number of carboxylic acid groups (broad SMARTS) is 1. The van der Waals surface area contributed by atoms with Gasteiger partial charge in [0.25, 0.3) is 5.91 Å².